The van der Waals surface area contributed by atoms with Gasteiger partial charge in [0.05, 0.1) is 5.92 Å². The molecule has 1 aromatic rings. The Balaban J connectivity index is 1.93. The van der Waals surface area contributed by atoms with Crippen LogP contribution in [0.3, 0.4) is 0 Å². The van der Waals surface area contributed by atoms with Crippen molar-refractivity contribution in [2.75, 3.05) is 0 Å². The highest BCUT2D eigenvalue weighted by atomic mass is 16.4. The topological polar surface area (TPSA) is 69.6 Å². The third kappa shape index (κ3) is 3.70. The molecule has 0 aliphatic heterocycles. The summed E-state index contributed by atoms with van der Waals surface area (Å²) < 4.78 is 0. The first kappa shape index (κ1) is 13.9. The predicted molar refractivity (Wildman–Crippen MR) is 73.0 cm³/mol. The fourth-order valence-corrected chi connectivity index (χ4v) is 2.78. The quantitative estimate of drug-likeness (QED) is 0.781. The van der Waals surface area contributed by atoms with Crippen molar-refractivity contribution in [3.63, 3.8) is 0 Å². The van der Waals surface area contributed by atoms with Crippen molar-refractivity contribution in [2.45, 2.75) is 44.7 Å². The molecule has 0 spiro atoms. The van der Waals surface area contributed by atoms with Crippen molar-refractivity contribution in [2.24, 2.45) is 5.92 Å². The molecule has 19 heavy (non-hydrogen) atoms. The van der Waals surface area contributed by atoms with Gasteiger partial charge in [-0.3, -0.25) is 4.79 Å². The number of hydrogen-bond donors (Lipinski definition) is 3. The SMILES string of the molecule is CC(NC1CCCC(C(=O)O)C1)c1ccc(O)cc1. The lowest BCUT2D eigenvalue weighted by molar-refractivity contribution is -0.143. The Morgan fingerprint density at radius 3 is 2.63 bits per heavy atom. The highest BCUT2D eigenvalue weighted by Gasteiger charge is 2.27. The number of nitrogens with one attached hydrogen (secondary N) is 1. The molecule has 3 unspecified atom stereocenters. The zero-order chi connectivity index (χ0) is 13.8. The van der Waals surface area contributed by atoms with Crippen molar-refractivity contribution < 1.29 is 15.0 Å². The maximum Gasteiger partial charge on any atom is 0.306 e. The van der Waals surface area contributed by atoms with Crippen molar-refractivity contribution in [3.05, 3.63) is 29.8 Å². The van der Waals surface area contributed by atoms with Gasteiger partial charge in [-0.2, -0.15) is 0 Å². The number of phenolic OH excluding ortho intramolecular Hbond substituents is 1. The van der Waals surface area contributed by atoms with Gasteiger partial charge in [-0.1, -0.05) is 18.6 Å². The van der Waals surface area contributed by atoms with Crippen molar-refractivity contribution in [3.8, 4) is 5.75 Å². The highest BCUT2D eigenvalue weighted by Crippen LogP contribution is 2.26. The lowest BCUT2D eigenvalue weighted by Crippen LogP contribution is -2.37. The molecule has 104 valence electrons. The molecule has 1 fully saturated rings. The van der Waals surface area contributed by atoms with Crippen LogP contribution < -0.4 is 5.32 Å². The Labute approximate surface area is 113 Å². The Kier molecular flexibility index (Phi) is 4.43. The van der Waals surface area contributed by atoms with Crippen LogP contribution in [0, 0.1) is 5.92 Å². The monoisotopic (exact) mass is 263 g/mol. The summed E-state index contributed by atoms with van der Waals surface area (Å²) in [5.41, 5.74) is 1.11. The zero-order valence-corrected chi connectivity index (χ0v) is 11.2. The molecular weight excluding hydrogens is 242 g/mol. The van der Waals surface area contributed by atoms with E-state index in [9.17, 15) is 9.90 Å². The molecule has 1 aliphatic rings. The van der Waals surface area contributed by atoms with E-state index in [1.807, 2.05) is 12.1 Å². The fraction of sp³-hybridized carbons (Fsp3) is 0.533. The van der Waals surface area contributed by atoms with Crippen LogP contribution in [0.5, 0.6) is 5.75 Å². The van der Waals surface area contributed by atoms with E-state index in [2.05, 4.69) is 12.2 Å². The summed E-state index contributed by atoms with van der Waals surface area (Å²) in [4.78, 5) is 11.0. The van der Waals surface area contributed by atoms with Crippen LogP contribution in [-0.2, 0) is 4.79 Å². The second-order valence-corrected chi connectivity index (χ2v) is 5.38. The third-order valence-electron chi connectivity index (χ3n) is 3.90. The highest BCUT2D eigenvalue weighted by molar-refractivity contribution is 5.70. The molecule has 0 amide bonds. The van der Waals surface area contributed by atoms with Crippen LogP contribution in [0.15, 0.2) is 24.3 Å². The first-order chi connectivity index (χ1) is 9.06. The smallest absolute Gasteiger partial charge is 0.306 e. The molecule has 1 aromatic carbocycles. The maximum absolute atomic E-state index is 11.0. The molecular formula is C15H21NO3. The normalized spacial score (nSPS) is 24.9. The van der Waals surface area contributed by atoms with E-state index in [4.69, 9.17) is 5.11 Å². The summed E-state index contributed by atoms with van der Waals surface area (Å²) >= 11 is 0. The number of aromatic hydroxyl groups is 1. The van der Waals surface area contributed by atoms with Gasteiger partial charge < -0.3 is 15.5 Å². The van der Waals surface area contributed by atoms with Crippen LogP contribution in [0.4, 0.5) is 0 Å². The molecule has 4 heteroatoms. The van der Waals surface area contributed by atoms with Gasteiger partial charge in [0.2, 0.25) is 0 Å². The van der Waals surface area contributed by atoms with Crippen molar-refractivity contribution in [1.29, 1.82) is 0 Å². The largest absolute Gasteiger partial charge is 0.508 e. The van der Waals surface area contributed by atoms with E-state index in [1.165, 1.54) is 0 Å². The van der Waals surface area contributed by atoms with Crippen LogP contribution in [0.2, 0.25) is 0 Å². The molecule has 0 radical (unpaired) electrons. The van der Waals surface area contributed by atoms with Gasteiger partial charge in [-0.15, -0.1) is 0 Å². The van der Waals surface area contributed by atoms with Gasteiger partial charge >= 0.3 is 5.97 Å². The van der Waals surface area contributed by atoms with Gasteiger partial charge in [0.15, 0.2) is 0 Å². The molecule has 1 saturated carbocycles. The van der Waals surface area contributed by atoms with E-state index in [-0.39, 0.29) is 23.8 Å². The Morgan fingerprint density at radius 2 is 2.00 bits per heavy atom. The van der Waals surface area contributed by atoms with Gasteiger partial charge in [0, 0.05) is 12.1 Å². The van der Waals surface area contributed by atoms with Crippen LogP contribution in [0.25, 0.3) is 0 Å². The second-order valence-electron chi connectivity index (χ2n) is 5.38. The molecule has 2 rings (SSSR count). The van der Waals surface area contributed by atoms with Gasteiger partial charge in [0.1, 0.15) is 5.75 Å². The number of benzene rings is 1. The standard InChI is InChI=1S/C15H21NO3/c1-10(11-5-7-14(17)8-6-11)16-13-4-2-3-12(9-13)15(18)19/h5-8,10,12-13,16-17H,2-4,9H2,1H3,(H,18,19). The molecule has 3 atom stereocenters. The number of aliphatic carboxylic acids is 1. The minimum atomic E-state index is -0.677. The predicted octanol–water partition coefficient (Wildman–Crippen LogP) is 2.69. The molecule has 0 bridgehead atoms. The lowest BCUT2D eigenvalue weighted by Gasteiger charge is -2.30. The van der Waals surface area contributed by atoms with Crippen molar-refractivity contribution >= 4 is 5.97 Å². The summed E-state index contributed by atoms with van der Waals surface area (Å²) in [7, 11) is 0. The van der Waals surface area contributed by atoms with E-state index >= 15 is 0 Å². The van der Waals surface area contributed by atoms with E-state index < -0.39 is 5.97 Å². The number of rotatable bonds is 4. The zero-order valence-electron chi connectivity index (χ0n) is 11.2. The van der Waals surface area contributed by atoms with Gasteiger partial charge in [-0.25, -0.2) is 0 Å². The minimum Gasteiger partial charge on any atom is -0.508 e. The number of hydrogen-bond acceptors (Lipinski definition) is 3. The summed E-state index contributed by atoms with van der Waals surface area (Å²) in [5.74, 6) is -0.624. The Hall–Kier alpha value is -1.55. The average molecular weight is 263 g/mol. The number of phenols is 1. The van der Waals surface area contributed by atoms with Gasteiger partial charge in [0.25, 0.3) is 0 Å². The first-order valence-corrected chi connectivity index (χ1v) is 6.84. The molecule has 4 nitrogen and oxygen atoms in total. The van der Waals surface area contributed by atoms with Crippen LogP contribution in [-0.4, -0.2) is 22.2 Å². The second kappa shape index (κ2) is 6.06. The van der Waals surface area contributed by atoms with E-state index in [0.29, 0.717) is 6.42 Å². The average Bonchev–Trinajstić information content (AvgIpc) is 2.39. The summed E-state index contributed by atoms with van der Waals surface area (Å²) in [5, 5.41) is 21.8. The van der Waals surface area contributed by atoms with E-state index in [0.717, 1.165) is 24.8 Å². The first-order valence-electron chi connectivity index (χ1n) is 6.84. The number of carbonyl (C=O) groups is 1. The third-order valence-corrected chi connectivity index (χ3v) is 3.90. The molecule has 0 aromatic heterocycles. The van der Waals surface area contributed by atoms with Crippen molar-refractivity contribution in [1.82, 2.24) is 5.32 Å². The molecule has 1 aliphatic carbocycles. The molecule has 3 N–H and O–H groups in total. The van der Waals surface area contributed by atoms with E-state index in [1.54, 1.807) is 12.1 Å². The molecule has 0 heterocycles. The number of carboxylic acids is 1. The maximum atomic E-state index is 11.0. The van der Waals surface area contributed by atoms with Gasteiger partial charge in [-0.05, 0) is 43.9 Å². The number of carboxylic acid groups (broad SMARTS) is 1. The molecule has 0 saturated heterocycles. The van der Waals surface area contributed by atoms with Crippen LogP contribution >= 0.6 is 0 Å². The Morgan fingerprint density at radius 1 is 1.32 bits per heavy atom. The fourth-order valence-electron chi connectivity index (χ4n) is 2.78. The summed E-state index contributed by atoms with van der Waals surface area (Å²) in [6.45, 7) is 2.07. The minimum absolute atomic E-state index is 0.165. The summed E-state index contributed by atoms with van der Waals surface area (Å²) in [6, 6.07) is 7.56. The van der Waals surface area contributed by atoms with Crippen LogP contribution in [0.1, 0.15) is 44.2 Å². The Bertz CT molecular complexity index is 430. The summed E-state index contributed by atoms with van der Waals surface area (Å²) in [6.07, 6.45) is 3.50. The lowest BCUT2D eigenvalue weighted by atomic mass is 9.85.